The van der Waals surface area contributed by atoms with Gasteiger partial charge in [-0.15, -0.1) is 0 Å². The Morgan fingerprint density at radius 2 is 1.96 bits per heavy atom. The third-order valence-corrected chi connectivity index (χ3v) is 5.30. The Kier molecular flexibility index (Phi) is 5.80. The average Bonchev–Trinajstić information content (AvgIpc) is 3.00. The zero-order chi connectivity index (χ0) is 18.5. The van der Waals surface area contributed by atoms with Crippen molar-refractivity contribution in [3.8, 4) is 5.75 Å². The predicted molar refractivity (Wildman–Crippen MR) is 105 cm³/mol. The summed E-state index contributed by atoms with van der Waals surface area (Å²) in [7, 11) is 3.64. The number of benzene rings is 2. The van der Waals surface area contributed by atoms with E-state index in [1.54, 1.807) is 18.4 Å². The molecule has 0 radical (unpaired) electrons. The maximum atomic E-state index is 9.27. The van der Waals surface area contributed by atoms with E-state index in [1.165, 1.54) is 0 Å². The third-order valence-electron chi connectivity index (χ3n) is 4.22. The number of azo groups is 1. The minimum Gasteiger partial charge on any atom is -0.497 e. The highest BCUT2D eigenvalue weighted by Gasteiger charge is 2.16. The monoisotopic (exact) mass is 371 g/mol. The van der Waals surface area contributed by atoms with Gasteiger partial charge in [-0.05, 0) is 59.3 Å². The van der Waals surface area contributed by atoms with Crippen LogP contribution in [0.5, 0.6) is 5.75 Å². The van der Waals surface area contributed by atoms with Gasteiger partial charge >= 0.3 is 5.13 Å². The van der Waals surface area contributed by atoms with Gasteiger partial charge in [0, 0.05) is 17.8 Å². The highest BCUT2D eigenvalue weighted by Crippen LogP contribution is 2.30. The average molecular weight is 371 g/mol. The smallest absolute Gasteiger partial charge is 0.409 e. The van der Waals surface area contributed by atoms with Crippen molar-refractivity contribution < 1.29 is 14.4 Å². The highest BCUT2D eigenvalue weighted by atomic mass is 32.1. The number of aromatic nitrogens is 1. The summed E-state index contributed by atoms with van der Waals surface area (Å²) in [5.41, 5.74) is 2.84. The predicted octanol–water partition coefficient (Wildman–Crippen LogP) is 4.33. The number of fused-ring (bicyclic) bond motifs is 1. The Bertz CT molecular complexity index is 902. The van der Waals surface area contributed by atoms with Crippen LogP contribution in [0.4, 0.5) is 16.5 Å². The molecule has 7 heteroatoms. The largest absolute Gasteiger partial charge is 0.497 e. The number of aryl methyl sites for hydroxylation is 1. The van der Waals surface area contributed by atoms with Crippen molar-refractivity contribution in [3.63, 3.8) is 0 Å². The van der Waals surface area contributed by atoms with Crippen LogP contribution in [0, 0.1) is 0 Å². The number of aliphatic hydroxyl groups excluding tert-OH is 1. The molecule has 2 N–H and O–H groups in total. The van der Waals surface area contributed by atoms with Crippen molar-refractivity contribution in [2.75, 3.05) is 19.0 Å². The molecule has 1 unspecified atom stereocenters. The fourth-order valence-corrected chi connectivity index (χ4v) is 3.57. The van der Waals surface area contributed by atoms with Gasteiger partial charge in [0.2, 0.25) is 0 Å². The summed E-state index contributed by atoms with van der Waals surface area (Å²) in [4.78, 5) is 0. The summed E-state index contributed by atoms with van der Waals surface area (Å²) in [6.45, 7) is 2.16. The third kappa shape index (κ3) is 4.00. The molecule has 1 aromatic heterocycles. The van der Waals surface area contributed by atoms with Crippen LogP contribution in [0.3, 0.4) is 0 Å². The van der Waals surface area contributed by atoms with Gasteiger partial charge in [-0.3, -0.25) is 0 Å². The first-order valence-electron chi connectivity index (χ1n) is 8.50. The van der Waals surface area contributed by atoms with Crippen LogP contribution in [0.2, 0.25) is 0 Å². The van der Waals surface area contributed by atoms with Gasteiger partial charge < -0.3 is 15.2 Å². The minimum absolute atomic E-state index is 0.0667. The minimum atomic E-state index is 0.0667. The maximum absolute atomic E-state index is 9.27. The number of rotatable bonds is 7. The lowest BCUT2D eigenvalue weighted by Gasteiger charge is -2.15. The molecule has 3 rings (SSSR count). The Morgan fingerprint density at radius 1 is 1.19 bits per heavy atom. The molecule has 0 saturated carbocycles. The summed E-state index contributed by atoms with van der Waals surface area (Å²) in [5, 5.41) is 22.1. The first-order chi connectivity index (χ1) is 12.6. The van der Waals surface area contributed by atoms with Crippen LogP contribution in [0.15, 0.2) is 52.7 Å². The molecule has 1 heterocycles. The molecule has 0 spiro atoms. The van der Waals surface area contributed by atoms with Crippen molar-refractivity contribution in [2.45, 2.75) is 19.4 Å². The van der Waals surface area contributed by atoms with E-state index < -0.39 is 0 Å². The summed E-state index contributed by atoms with van der Waals surface area (Å²) < 4.78 is 8.40. The topological polar surface area (TPSA) is 70.1 Å². The molecule has 136 valence electrons. The zero-order valence-electron chi connectivity index (χ0n) is 15.1. The van der Waals surface area contributed by atoms with E-state index >= 15 is 0 Å². The van der Waals surface area contributed by atoms with Crippen LogP contribution < -0.4 is 14.6 Å². The van der Waals surface area contributed by atoms with E-state index in [1.807, 2.05) is 61.0 Å². The standard InChI is InChI=1S/C19H22N4O2S/c1-4-13(12-24)20-14-5-7-15(8-6-14)21-22-19-23(2)17-10-9-16(25-3)11-18(17)26-19/h5-11,13,24H,4,12H2,1-3H3/p+1. The first-order valence-corrected chi connectivity index (χ1v) is 9.32. The van der Waals surface area contributed by atoms with Gasteiger partial charge in [0.05, 0.1) is 30.6 Å². The molecule has 0 aliphatic heterocycles. The number of thiazole rings is 1. The first kappa shape index (κ1) is 18.3. The molecule has 0 bridgehead atoms. The summed E-state index contributed by atoms with van der Waals surface area (Å²) in [6, 6.07) is 13.7. The number of aliphatic hydroxyl groups is 1. The molecule has 0 aliphatic rings. The number of ether oxygens (including phenoxy) is 1. The Morgan fingerprint density at radius 3 is 2.62 bits per heavy atom. The van der Waals surface area contributed by atoms with Crippen LogP contribution >= 0.6 is 11.3 Å². The zero-order valence-corrected chi connectivity index (χ0v) is 16.0. The van der Waals surface area contributed by atoms with Crippen molar-refractivity contribution >= 4 is 38.1 Å². The quantitative estimate of drug-likeness (QED) is 0.480. The number of methoxy groups -OCH3 is 1. The Balaban J connectivity index is 1.77. The lowest BCUT2D eigenvalue weighted by molar-refractivity contribution is -0.627. The van der Waals surface area contributed by atoms with E-state index in [0.717, 1.165) is 38.9 Å². The fraction of sp³-hybridized carbons (Fsp3) is 0.316. The van der Waals surface area contributed by atoms with E-state index in [0.29, 0.717) is 0 Å². The molecule has 6 nitrogen and oxygen atoms in total. The maximum Gasteiger partial charge on any atom is 0.409 e. The molecule has 1 atom stereocenters. The second-order valence-corrected chi connectivity index (χ2v) is 6.97. The van der Waals surface area contributed by atoms with Gasteiger partial charge in [0.15, 0.2) is 0 Å². The Labute approximate surface area is 156 Å². The number of nitrogens with zero attached hydrogens (tertiary/aromatic N) is 3. The van der Waals surface area contributed by atoms with E-state index in [-0.39, 0.29) is 12.6 Å². The van der Waals surface area contributed by atoms with Gasteiger partial charge in [-0.2, -0.15) is 0 Å². The van der Waals surface area contributed by atoms with Crippen LogP contribution in [0.25, 0.3) is 10.2 Å². The van der Waals surface area contributed by atoms with Crippen LogP contribution in [0.1, 0.15) is 13.3 Å². The van der Waals surface area contributed by atoms with E-state index in [4.69, 9.17) is 4.74 Å². The molecule has 0 fully saturated rings. The number of nitrogens with one attached hydrogen (secondary N) is 1. The highest BCUT2D eigenvalue weighted by molar-refractivity contribution is 7.21. The molecule has 0 amide bonds. The van der Waals surface area contributed by atoms with Crippen molar-refractivity contribution in [2.24, 2.45) is 17.3 Å². The molecule has 0 saturated heterocycles. The Hall–Kier alpha value is -2.51. The van der Waals surface area contributed by atoms with Gasteiger partial charge in [0.25, 0.3) is 0 Å². The van der Waals surface area contributed by atoms with Gasteiger partial charge in [-0.25, -0.2) is 4.57 Å². The van der Waals surface area contributed by atoms with Crippen molar-refractivity contribution in [1.29, 1.82) is 0 Å². The SMILES string of the molecule is CCC(CO)Nc1ccc(N=Nc2sc3cc(OC)ccc3[n+]2C)cc1. The summed E-state index contributed by atoms with van der Waals surface area (Å²) in [6.07, 6.45) is 0.866. The molecular formula is C19H23N4O2S+. The van der Waals surface area contributed by atoms with Gasteiger partial charge in [0.1, 0.15) is 17.0 Å². The second-order valence-electron chi connectivity index (χ2n) is 5.96. The molecule has 3 aromatic rings. The number of hydrogen-bond donors (Lipinski definition) is 2. The molecule has 0 aliphatic carbocycles. The molecule has 2 aromatic carbocycles. The summed E-state index contributed by atoms with van der Waals surface area (Å²) in [5.74, 6) is 0.833. The van der Waals surface area contributed by atoms with Crippen molar-refractivity contribution in [1.82, 2.24) is 0 Å². The van der Waals surface area contributed by atoms with E-state index in [2.05, 4.69) is 15.5 Å². The lowest BCUT2D eigenvalue weighted by atomic mass is 10.2. The van der Waals surface area contributed by atoms with Crippen molar-refractivity contribution in [3.05, 3.63) is 42.5 Å². The molecule has 26 heavy (non-hydrogen) atoms. The lowest BCUT2D eigenvalue weighted by Crippen LogP contribution is -2.25. The number of anilines is 1. The van der Waals surface area contributed by atoms with Crippen LogP contribution in [-0.4, -0.2) is 24.9 Å². The normalized spacial score (nSPS) is 12.6. The fourth-order valence-electron chi connectivity index (χ4n) is 2.57. The van der Waals surface area contributed by atoms with Gasteiger partial charge in [-0.1, -0.05) is 6.92 Å². The number of hydrogen-bond acceptors (Lipinski definition) is 6. The summed E-state index contributed by atoms with van der Waals surface area (Å²) >= 11 is 1.57. The van der Waals surface area contributed by atoms with Crippen LogP contribution in [-0.2, 0) is 7.05 Å². The second kappa shape index (κ2) is 8.25. The molecular weight excluding hydrogens is 348 g/mol. The van der Waals surface area contributed by atoms with E-state index in [9.17, 15) is 5.11 Å².